The molecule has 0 aromatic heterocycles. The van der Waals surface area contributed by atoms with Crippen LogP contribution in [0, 0.1) is 5.92 Å². The predicted molar refractivity (Wildman–Crippen MR) is 139 cm³/mol. The number of rotatable bonds is 7. The van der Waals surface area contributed by atoms with Crippen molar-refractivity contribution in [2.45, 2.75) is 57.4 Å². The Morgan fingerprint density at radius 2 is 1.54 bits per heavy atom. The van der Waals surface area contributed by atoms with Gasteiger partial charge >= 0.3 is 0 Å². The van der Waals surface area contributed by atoms with Gasteiger partial charge in [0.1, 0.15) is 5.75 Å². The molecular formula is C29H35N3O3. The Morgan fingerprint density at radius 3 is 2.29 bits per heavy atom. The van der Waals surface area contributed by atoms with E-state index in [1.165, 1.54) is 45.2 Å². The summed E-state index contributed by atoms with van der Waals surface area (Å²) in [6.07, 6.45) is 11.3. The summed E-state index contributed by atoms with van der Waals surface area (Å²) < 4.78 is 6.14. The molecule has 184 valence electrons. The Morgan fingerprint density at radius 1 is 0.829 bits per heavy atom. The molecule has 2 atom stereocenters. The summed E-state index contributed by atoms with van der Waals surface area (Å²) >= 11 is 0. The van der Waals surface area contributed by atoms with Crippen molar-refractivity contribution in [3.8, 4) is 5.75 Å². The third kappa shape index (κ3) is 5.93. The smallest absolute Gasteiger partial charge is 0.255 e. The van der Waals surface area contributed by atoms with Crippen LogP contribution in [0.15, 0.2) is 60.2 Å². The van der Waals surface area contributed by atoms with Gasteiger partial charge in [0.2, 0.25) is 0 Å². The van der Waals surface area contributed by atoms with Crippen molar-refractivity contribution in [2.75, 3.05) is 30.3 Å². The molecule has 6 heteroatoms. The zero-order valence-corrected chi connectivity index (χ0v) is 20.3. The Bertz CT molecular complexity index is 1060. The van der Waals surface area contributed by atoms with Crippen LogP contribution in [0.5, 0.6) is 5.75 Å². The molecule has 0 saturated carbocycles. The highest BCUT2D eigenvalue weighted by atomic mass is 16.5. The minimum atomic E-state index is -0.186. The maximum Gasteiger partial charge on any atom is 0.255 e. The Balaban J connectivity index is 1.11. The summed E-state index contributed by atoms with van der Waals surface area (Å²) in [4.78, 5) is 27.6. The number of hydrogen-bond donors (Lipinski definition) is 2. The fraction of sp³-hybridized carbons (Fsp3) is 0.448. The van der Waals surface area contributed by atoms with Gasteiger partial charge in [-0.3, -0.25) is 14.5 Å². The van der Waals surface area contributed by atoms with E-state index in [1.54, 1.807) is 24.3 Å². The SMILES string of the molecule is O=C(Nc1ccc(C(=O)Nc2ccc(OC[C@@H]3CCCN4CCCC[C@H]34)cc2)cc1)C1=CCCC1. The minimum absolute atomic E-state index is 0.0541. The van der Waals surface area contributed by atoms with Crippen molar-refractivity contribution in [2.24, 2.45) is 5.92 Å². The average molecular weight is 474 g/mol. The number of amides is 2. The summed E-state index contributed by atoms with van der Waals surface area (Å²) in [5, 5.41) is 5.84. The first-order chi connectivity index (χ1) is 17.2. The van der Waals surface area contributed by atoms with Crippen LogP contribution in [0.1, 0.15) is 61.7 Å². The van der Waals surface area contributed by atoms with Gasteiger partial charge in [0.15, 0.2) is 0 Å². The molecule has 3 aliphatic rings. The first kappa shape index (κ1) is 23.6. The Hall–Kier alpha value is -3.12. The highest BCUT2D eigenvalue weighted by Crippen LogP contribution is 2.31. The molecule has 1 aliphatic carbocycles. The molecule has 35 heavy (non-hydrogen) atoms. The molecule has 0 spiro atoms. The number of carbonyl (C=O) groups is 2. The van der Waals surface area contributed by atoms with Gasteiger partial charge in [-0.2, -0.15) is 0 Å². The third-order valence-electron chi connectivity index (χ3n) is 7.54. The molecule has 5 rings (SSSR count). The second kappa shape index (κ2) is 11.1. The van der Waals surface area contributed by atoms with Gasteiger partial charge in [-0.05, 0) is 107 Å². The number of allylic oxidation sites excluding steroid dienone is 1. The summed E-state index contributed by atoms with van der Waals surface area (Å²) in [5.74, 6) is 1.20. The average Bonchev–Trinajstić information content (AvgIpc) is 3.44. The molecule has 2 N–H and O–H groups in total. The zero-order chi connectivity index (χ0) is 24.0. The fourth-order valence-corrected chi connectivity index (χ4v) is 5.61. The lowest BCUT2D eigenvalue weighted by Gasteiger charge is -2.44. The van der Waals surface area contributed by atoms with Crippen LogP contribution in [0.2, 0.25) is 0 Å². The fourth-order valence-electron chi connectivity index (χ4n) is 5.61. The van der Waals surface area contributed by atoms with E-state index in [0.29, 0.717) is 23.2 Å². The number of piperidine rings is 2. The molecule has 6 nitrogen and oxygen atoms in total. The van der Waals surface area contributed by atoms with Gasteiger partial charge in [0.25, 0.3) is 11.8 Å². The summed E-state index contributed by atoms with van der Waals surface area (Å²) in [6.45, 7) is 3.24. The Labute approximate surface area is 207 Å². The van der Waals surface area contributed by atoms with Crippen LogP contribution in [0.4, 0.5) is 11.4 Å². The molecule has 0 bridgehead atoms. The summed E-state index contributed by atoms with van der Waals surface area (Å²) in [5.41, 5.74) is 2.80. The van der Waals surface area contributed by atoms with E-state index in [4.69, 9.17) is 4.74 Å². The minimum Gasteiger partial charge on any atom is -0.493 e. The van der Waals surface area contributed by atoms with E-state index < -0.39 is 0 Å². The van der Waals surface area contributed by atoms with Crippen LogP contribution in [0.25, 0.3) is 0 Å². The number of ether oxygens (including phenoxy) is 1. The standard InChI is InChI=1S/C29H35N3O3/c33-28(21-6-1-2-7-21)30-24-12-10-22(11-13-24)29(34)31-25-14-16-26(17-15-25)35-20-23-8-5-19-32-18-4-3-9-27(23)32/h6,10-17,23,27H,1-5,7-9,18-20H2,(H,30,33)(H,31,34)/t23-,27+/m0/s1. The lowest BCUT2D eigenvalue weighted by Crippen LogP contribution is -2.49. The maximum absolute atomic E-state index is 12.7. The van der Waals surface area contributed by atoms with Crippen molar-refractivity contribution >= 4 is 23.2 Å². The van der Waals surface area contributed by atoms with Gasteiger partial charge in [-0.25, -0.2) is 0 Å². The number of anilines is 2. The van der Waals surface area contributed by atoms with E-state index in [1.807, 2.05) is 30.3 Å². The van der Waals surface area contributed by atoms with Crippen molar-refractivity contribution < 1.29 is 14.3 Å². The molecule has 2 amide bonds. The van der Waals surface area contributed by atoms with Crippen molar-refractivity contribution in [1.29, 1.82) is 0 Å². The first-order valence-corrected chi connectivity index (χ1v) is 13.0. The van der Waals surface area contributed by atoms with Crippen molar-refractivity contribution in [3.63, 3.8) is 0 Å². The second-order valence-corrected chi connectivity index (χ2v) is 9.94. The normalized spacial score (nSPS) is 22.1. The molecule has 0 unspecified atom stereocenters. The van der Waals surface area contributed by atoms with Crippen molar-refractivity contribution in [3.05, 3.63) is 65.7 Å². The van der Waals surface area contributed by atoms with Gasteiger partial charge in [-0.15, -0.1) is 0 Å². The van der Waals surface area contributed by atoms with E-state index in [-0.39, 0.29) is 11.8 Å². The lowest BCUT2D eigenvalue weighted by molar-refractivity contribution is -0.112. The number of fused-ring (bicyclic) bond motifs is 1. The number of nitrogens with zero attached hydrogens (tertiary/aromatic N) is 1. The molecule has 2 fully saturated rings. The third-order valence-corrected chi connectivity index (χ3v) is 7.54. The van der Waals surface area contributed by atoms with Gasteiger partial charge in [0, 0.05) is 34.5 Å². The molecule has 0 radical (unpaired) electrons. The van der Waals surface area contributed by atoms with E-state index >= 15 is 0 Å². The van der Waals surface area contributed by atoms with Crippen LogP contribution >= 0.6 is 0 Å². The van der Waals surface area contributed by atoms with Gasteiger partial charge in [-0.1, -0.05) is 12.5 Å². The van der Waals surface area contributed by atoms with Crippen LogP contribution in [-0.2, 0) is 4.79 Å². The van der Waals surface area contributed by atoms with E-state index in [2.05, 4.69) is 15.5 Å². The van der Waals surface area contributed by atoms with Crippen LogP contribution in [-0.4, -0.2) is 42.5 Å². The van der Waals surface area contributed by atoms with Gasteiger partial charge in [0.05, 0.1) is 6.61 Å². The molecule has 2 aromatic rings. The van der Waals surface area contributed by atoms with Crippen LogP contribution in [0.3, 0.4) is 0 Å². The zero-order valence-electron chi connectivity index (χ0n) is 20.3. The molecule has 2 aromatic carbocycles. The van der Waals surface area contributed by atoms with E-state index in [9.17, 15) is 9.59 Å². The monoisotopic (exact) mass is 473 g/mol. The van der Waals surface area contributed by atoms with Crippen LogP contribution < -0.4 is 15.4 Å². The second-order valence-electron chi connectivity index (χ2n) is 9.94. The molecule has 2 saturated heterocycles. The predicted octanol–water partition coefficient (Wildman–Crippen LogP) is 5.63. The van der Waals surface area contributed by atoms with E-state index in [0.717, 1.165) is 42.9 Å². The highest BCUT2D eigenvalue weighted by Gasteiger charge is 2.33. The number of benzene rings is 2. The largest absolute Gasteiger partial charge is 0.493 e. The first-order valence-electron chi connectivity index (χ1n) is 13.0. The molecular weight excluding hydrogens is 438 g/mol. The van der Waals surface area contributed by atoms with Gasteiger partial charge < -0.3 is 15.4 Å². The lowest BCUT2D eigenvalue weighted by atomic mass is 9.84. The summed E-state index contributed by atoms with van der Waals surface area (Å²) in [6, 6.07) is 15.3. The quantitative estimate of drug-likeness (QED) is 0.547. The molecule has 2 aliphatic heterocycles. The maximum atomic E-state index is 12.7. The van der Waals surface area contributed by atoms with Crippen molar-refractivity contribution in [1.82, 2.24) is 4.90 Å². The number of carbonyl (C=O) groups excluding carboxylic acids is 2. The number of hydrogen-bond acceptors (Lipinski definition) is 4. The highest BCUT2D eigenvalue weighted by molar-refractivity contribution is 6.06. The Kier molecular flexibility index (Phi) is 7.48. The summed E-state index contributed by atoms with van der Waals surface area (Å²) in [7, 11) is 0. The number of nitrogens with one attached hydrogen (secondary N) is 2. The molecule has 2 heterocycles. The topological polar surface area (TPSA) is 70.7 Å².